The molecule has 5 heteroatoms. The van der Waals surface area contributed by atoms with Gasteiger partial charge < -0.3 is 5.32 Å². The Balaban J connectivity index is 2.07. The summed E-state index contributed by atoms with van der Waals surface area (Å²) in [6.07, 6.45) is 0. The average Bonchev–Trinajstić information content (AvgIpc) is 2.73. The second kappa shape index (κ2) is 5.17. The molecule has 0 fully saturated rings. The molecule has 1 aromatic carbocycles. The van der Waals surface area contributed by atoms with E-state index >= 15 is 0 Å². The first kappa shape index (κ1) is 11.9. The van der Waals surface area contributed by atoms with Gasteiger partial charge >= 0.3 is 0 Å². The van der Waals surface area contributed by atoms with Crippen LogP contribution >= 0.6 is 22.9 Å². The third-order valence-corrected chi connectivity index (χ3v) is 3.47. The van der Waals surface area contributed by atoms with Gasteiger partial charge in [0.2, 0.25) is 0 Å². The van der Waals surface area contributed by atoms with Crippen LogP contribution in [0.5, 0.6) is 0 Å². The van der Waals surface area contributed by atoms with Gasteiger partial charge in [-0.25, -0.2) is 4.98 Å². The maximum Gasteiger partial charge on any atom is 0.112 e. The number of aryl methyl sites for hydroxylation is 1. The summed E-state index contributed by atoms with van der Waals surface area (Å²) in [7, 11) is 0. The highest BCUT2D eigenvalue weighted by atomic mass is 35.5. The first-order valence-corrected chi connectivity index (χ1v) is 6.29. The van der Waals surface area contributed by atoms with Gasteiger partial charge in [-0.1, -0.05) is 11.6 Å². The van der Waals surface area contributed by atoms with Gasteiger partial charge in [-0.2, -0.15) is 5.26 Å². The largest absolute Gasteiger partial charge is 0.377 e. The minimum absolute atomic E-state index is 0.553. The van der Waals surface area contributed by atoms with Gasteiger partial charge in [0.15, 0.2) is 0 Å². The second-order valence-electron chi connectivity index (χ2n) is 3.54. The van der Waals surface area contributed by atoms with E-state index in [2.05, 4.69) is 10.3 Å². The van der Waals surface area contributed by atoms with Crippen molar-refractivity contribution in [1.82, 2.24) is 4.98 Å². The summed E-state index contributed by atoms with van der Waals surface area (Å²) < 4.78 is 0. The van der Waals surface area contributed by atoms with E-state index in [1.165, 1.54) is 0 Å². The minimum atomic E-state index is 0.553. The van der Waals surface area contributed by atoms with Gasteiger partial charge in [-0.05, 0) is 25.1 Å². The number of nitrogens with one attached hydrogen (secondary N) is 1. The third kappa shape index (κ3) is 2.96. The van der Waals surface area contributed by atoms with Crippen LogP contribution in [0.1, 0.15) is 16.3 Å². The van der Waals surface area contributed by atoms with Gasteiger partial charge in [0.25, 0.3) is 0 Å². The topological polar surface area (TPSA) is 48.7 Å². The van der Waals surface area contributed by atoms with Gasteiger partial charge in [0.1, 0.15) is 5.01 Å². The van der Waals surface area contributed by atoms with Crippen LogP contribution < -0.4 is 5.32 Å². The first-order chi connectivity index (χ1) is 8.19. The zero-order chi connectivity index (χ0) is 12.3. The van der Waals surface area contributed by atoms with Crippen LogP contribution in [0.2, 0.25) is 5.02 Å². The van der Waals surface area contributed by atoms with E-state index in [0.29, 0.717) is 17.1 Å². The Kier molecular flexibility index (Phi) is 3.62. The monoisotopic (exact) mass is 263 g/mol. The molecule has 0 aliphatic rings. The summed E-state index contributed by atoms with van der Waals surface area (Å²) in [5, 5.41) is 15.5. The van der Waals surface area contributed by atoms with E-state index < -0.39 is 0 Å². The second-order valence-corrected chi connectivity index (χ2v) is 4.89. The molecule has 0 saturated carbocycles. The van der Waals surface area contributed by atoms with Crippen molar-refractivity contribution in [3.8, 4) is 6.07 Å². The number of aromatic nitrogens is 1. The van der Waals surface area contributed by atoms with Crippen molar-refractivity contribution < 1.29 is 0 Å². The molecular weight excluding hydrogens is 254 g/mol. The molecule has 0 aliphatic heterocycles. The lowest BCUT2D eigenvalue weighted by atomic mass is 10.2. The summed E-state index contributed by atoms with van der Waals surface area (Å²) in [6.45, 7) is 2.61. The molecule has 0 bridgehead atoms. The molecule has 0 saturated heterocycles. The van der Waals surface area contributed by atoms with Crippen LogP contribution in [-0.2, 0) is 6.54 Å². The van der Waals surface area contributed by atoms with E-state index in [4.69, 9.17) is 16.9 Å². The van der Waals surface area contributed by atoms with Gasteiger partial charge in [-0.3, -0.25) is 0 Å². The van der Waals surface area contributed by atoms with Crippen LogP contribution in [0.25, 0.3) is 0 Å². The highest BCUT2D eigenvalue weighted by molar-refractivity contribution is 7.09. The molecule has 0 amide bonds. The van der Waals surface area contributed by atoms with E-state index in [1.54, 1.807) is 29.5 Å². The van der Waals surface area contributed by atoms with Crippen molar-refractivity contribution in [3.05, 3.63) is 44.9 Å². The van der Waals surface area contributed by atoms with Crippen molar-refractivity contribution in [2.24, 2.45) is 0 Å². The maximum absolute atomic E-state index is 8.73. The number of anilines is 1. The van der Waals surface area contributed by atoms with E-state index in [9.17, 15) is 0 Å². The fourth-order valence-electron chi connectivity index (χ4n) is 1.38. The Bertz CT molecular complexity index is 571. The summed E-state index contributed by atoms with van der Waals surface area (Å²) in [5.74, 6) is 0. The number of nitriles is 1. The zero-order valence-corrected chi connectivity index (χ0v) is 10.8. The number of halogens is 1. The molecule has 0 unspecified atom stereocenters. The predicted molar refractivity (Wildman–Crippen MR) is 70.3 cm³/mol. The fraction of sp³-hybridized carbons (Fsp3) is 0.167. The number of nitrogens with zero attached hydrogens (tertiary/aromatic N) is 2. The lowest BCUT2D eigenvalue weighted by Gasteiger charge is -2.06. The molecular formula is C12H10ClN3S. The summed E-state index contributed by atoms with van der Waals surface area (Å²) in [6, 6.07) is 7.24. The molecule has 1 heterocycles. The average molecular weight is 264 g/mol. The summed E-state index contributed by atoms with van der Waals surface area (Å²) in [5.41, 5.74) is 2.40. The molecule has 2 rings (SSSR count). The number of hydrogen-bond donors (Lipinski definition) is 1. The maximum atomic E-state index is 8.73. The van der Waals surface area contributed by atoms with Crippen molar-refractivity contribution >= 4 is 28.6 Å². The molecule has 1 N–H and O–H groups in total. The Hall–Kier alpha value is -1.57. The van der Waals surface area contributed by atoms with Crippen LogP contribution in [0.4, 0.5) is 5.69 Å². The molecule has 1 aromatic heterocycles. The molecule has 0 atom stereocenters. The van der Waals surface area contributed by atoms with Crippen LogP contribution in [0.15, 0.2) is 23.6 Å². The lowest BCUT2D eigenvalue weighted by molar-refractivity contribution is 1.08. The van der Waals surface area contributed by atoms with Gasteiger partial charge in [0.05, 0.1) is 28.9 Å². The smallest absolute Gasteiger partial charge is 0.112 e. The van der Waals surface area contributed by atoms with E-state index in [-0.39, 0.29) is 0 Å². The SMILES string of the molecule is Cc1csc(CNc2ccc(C#N)cc2Cl)n1. The quantitative estimate of drug-likeness (QED) is 0.921. The Morgan fingerprint density at radius 2 is 2.35 bits per heavy atom. The predicted octanol–water partition coefficient (Wildman–Crippen LogP) is 3.59. The van der Waals surface area contributed by atoms with Crippen LogP contribution in [0, 0.1) is 18.3 Å². The van der Waals surface area contributed by atoms with Gasteiger partial charge in [0, 0.05) is 11.1 Å². The minimum Gasteiger partial charge on any atom is -0.377 e. The van der Waals surface area contributed by atoms with Crippen LogP contribution in [-0.4, -0.2) is 4.98 Å². The summed E-state index contributed by atoms with van der Waals surface area (Å²) >= 11 is 7.66. The van der Waals surface area contributed by atoms with Gasteiger partial charge in [-0.15, -0.1) is 11.3 Å². The normalized spacial score (nSPS) is 9.94. The van der Waals surface area contributed by atoms with Crippen molar-refractivity contribution in [2.75, 3.05) is 5.32 Å². The zero-order valence-electron chi connectivity index (χ0n) is 9.20. The number of hydrogen-bond acceptors (Lipinski definition) is 4. The van der Waals surface area contributed by atoms with Crippen LogP contribution in [0.3, 0.4) is 0 Å². The highest BCUT2D eigenvalue weighted by Gasteiger charge is 2.03. The Morgan fingerprint density at radius 1 is 1.53 bits per heavy atom. The van der Waals surface area contributed by atoms with Crippen molar-refractivity contribution in [3.63, 3.8) is 0 Å². The molecule has 3 nitrogen and oxygen atoms in total. The third-order valence-electron chi connectivity index (χ3n) is 2.19. The molecule has 0 aliphatic carbocycles. The van der Waals surface area contributed by atoms with Crippen molar-refractivity contribution in [2.45, 2.75) is 13.5 Å². The number of rotatable bonds is 3. The summed E-state index contributed by atoms with van der Waals surface area (Å²) in [4.78, 5) is 4.35. The fourth-order valence-corrected chi connectivity index (χ4v) is 2.34. The number of benzene rings is 1. The molecule has 17 heavy (non-hydrogen) atoms. The highest BCUT2D eigenvalue weighted by Crippen LogP contribution is 2.23. The standard InChI is InChI=1S/C12H10ClN3S/c1-8-7-17-12(16-8)6-15-11-3-2-9(5-14)4-10(11)13/h2-4,7,15H,6H2,1H3. The Morgan fingerprint density at radius 3 is 2.94 bits per heavy atom. The van der Waals surface area contributed by atoms with Crippen molar-refractivity contribution in [1.29, 1.82) is 5.26 Å². The Labute approximate surface area is 109 Å². The molecule has 2 aromatic rings. The van der Waals surface area contributed by atoms with E-state index in [0.717, 1.165) is 16.4 Å². The number of thiazole rings is 1. The lowest BCUT2D eigenvalue weighted by Crippen LogP contribution is -1.99. The molecule has 86 valence electrons. The molecule has 0 spiro atoms. The molecule has 0 radical (unpaired) electrons. The first-order valence-electron chi connectivity index (χ1n) is 5.03. The van der Waals surface area contributed by atoms with E-state index in [1.807, 2.05) is 18.4 Å².